The molecular formula is C21H33IN6O. The minimum atomic E-state index is 0. The molecule has 160 valence electrons. The Kier molecular flexibility index (Phi) is 9.19. The zero-order chi connectivity index (χ0) is 19.9. The van der Waals surface area contributed by atoms with E-state index >= 15 is 0 Å². The molecule has 2 N–H and O–H groups in total. The Balaban J connectivity index is 0.00000300. The number of aryl methyl sites for hydroxylation is 3. The molecule has 29 heavy (non-hydrogen) atoms. The SMILES string of the molecule is CCNC(=NCCc1c(C)noc1C)NC1CCN(c2cccc(C)n2)CC1.I. The van der Waals surface area contributed by atoms with Crippen LogP contribution in [-0.4, -0.2) is 48.3 Å². The fourth-order valence-corrected chi connectivity index (χ4v) is 3.61. The highest BCUT2D eigenvalue weighted by atomic mass is 127. The van der Waals surface area contributed by atoms with Gasteiger partial charge in [0, 0.05) is 43.5 Å². The van der Waals surface area contributed by atoms with Crippen LogP contribution < -0.4 is 15.5 Å². The van der Waals surface area contributed by atoms with Crippen LogP contribution in [0.2, 0.25) is 0 Å². The Morgan fingerprint density at radius 3 is 2.62 bits per heavy atom. The van der Waals surface area contributed by atoms with Crippen molar-refractivity contribution in [2.75, 3.05) is 31.1 Å². The highest BCUT2D eigenvalue weighted by Gasteiger charge is 2.21. The third-order valence-corrected chi connectivity index (χ3v) is 5.19. The van der Waals surface area contributed by atoms with E-state index in [2.05, 4.69) is 44.7 Å². The van der Waals surface area contributed by atoms with E-state index in [1.807, 2.05) is 26.8 Å². The predicted molar refractivity (Wildman–Crippen MR) is 128 cm³/mol. The fourth-order valence-electron chi connectivity index (χ4n) is 3.61. The number of anilines is 1. The summed E-state index contributed by atoms with van der Waals surface area (Å²) in [6.07, 6.45) is 2.99. The third kappa shape index (κ3) is 6.58. The van der Waals surface area contributed by atoms with Gasteiger partial charge in [-0.2, -0.15) is 0 Å². The van der Waals surface area contributed by atoms with Gasteiger partial charge in [-0.05, 0) is 59.1 Å². The molecule has 0 atom stereocenters. The molecule has 1 aliphatic heterocycles. The Morgan fingerprint density at radius 1 is 1.24 bits per heavy atom. The zero-order valence-electron chi connectivity index (χ0n) is 17.9. The summed E-state index contributed by atoms with van der Waals surface area (Å²) in [5.74, 6) is 2.86. The van der Waals surface area contributed by atoms with E-state index in [1.165, 1.54) is 5.56 Å². The number of pyridine rings is 1. The van der Waals surface area contributed by atoms with Crippen molar-refractivity contribution in [1.29, 1.82) is 0 Å². The van der Waals surface area contributed by atoms with Crippen LogP contribution in [-0.2, 0) is 6.42 Å². The molecule has 7 nitrogen and oxygen atoms in total. The lowest BCUT2D eigenvalue weighted by Crippen LogP contribution is -2.49. The van der Waals surface area contributed by atoms with Gasteiger partial charge >= 0.3 is 0 Å². The predicted octanol–water partition coefficient (Wildman–Crippen LogP) is 3.38. The van der Waals surface area contributed by atoms with Crippen LogP contribution in [0.1, 0.15) is 42.5 Å². The van der Waals surface area contributed by atoms with Crippen molar-refractivity contribution in [2.45, 2.75) is 53.0 Å². The summed E-state index contributed by atoms with van der Waals surface area (Å²) in [5.41, 5.74) is 3.19. The second-order valence-corrected chi connectivity index (χ2v) is 7.36. The van der Waals surface area contributed by atoms with Gasteiger partial charge in [-0.25, -0.2) is 4.98 Å². The standard InChI is InChI=1S/C21H32N6O.HI/c1-5-22-21(23-12-9-19-16(3)26-28-17(19)4)25-18-10-13-27(14-11-18)20-8-6-7-15(2)24-20;/h6-8,18H,5,9-14H2,1-4H3,(H2,22,23,25);1H. The van der Waals surface area contributed by atoms with E-state index in [1.54, 1.807) is 0 Å². The van der Waals surface area contributed by atoms with E-state index in [9.17, 15) is 0 Å². The number of hydrogen-bond donors (Lipinski definition) is 2. The van der Waals surface area contributed by atoms with Crippen LogP contribution >= 0.6 is 24.0 Å². The lowest BCUT2D eigenvalue weighted by atomic mass is 10.1. The topological polar surface area (TPSA) is 78.6 Å². The number of aromatic nitrogens is 2. The molecule has 0 aliphatic carbocycles. The number of halogens is 1. The Hall–Kier alpha value is -1.84. The molecule has 0 saturated carbocycles. The third-order valence-electron chi connectivity index (χ3n) is 5.19. The van der Waals surface area contributed by atoms with Crippen molar-refractivity contribution in [1.82, 2.24) is 20.8 Å². The minimum Gasteiger partial charge on any atom is -0.361 e. The number of piperidine rings is 1. The van der Waals surface area contributed by atoms with Crippen LogP contribution in [0.3, 0.4) is 0 Å². The first-order valence-corrected chi connectivity index (χ1v) is 10.2. The molecule has 1 saturated heterocycles. The van der Waals surface area contributed by atoms with Crippen LogP contribution in [0.15, 0.2) is 27.7 Å². The molecule has 0 unspecified atom stereocenters. The van der Waals surface area contributed by atoms with Gasteiger partial charge in [0.05, 0.1) is 5.69 Å². The fraction of sp³-hybridized carbons (Fsp3) is 0.571. The largest absolute Gasteiger partial charge is 0.361 e. The van der Waals surface area contributed by atoms with Crippen molar-refractivity contribution in [3.8, 4) is 0 Å². The molecular weight excluding hydrogens is 479 g/mol. The van der Waals surface area contributed by atoms with Gasteiger partial charge in [0.2, 0.25) is 0 Å². The summed E-state index contributed by atoms with van der Waals surface area (Å²) in [6, 6.07) is 6.65. The van der Waals surface area contributed by atoms with Gasteiger partial charge in [0.25, 0.3) is 0 Å². The number of nitrogens with zero attached hydrogens (tertiary/aromatic N) is 4. The highest BCUT2D eigenvalue weighted by molar-refractivity contribution is 14.0. The van der Waals surface area contributed by atoms with Crippen molar-refractivity contribution >= 4 is 35.8 Å². The molecule has 3 rings (SSSR count). The monoisotopic (exact) mass is 512 g/mol. The molecule has 0 amide bonds. The quantitative estimate of drug-likeness (QED) is 0.351. The van der Waals surface area contributed by atoms with Gasteiger partial charge in [0.15, 0.2) is 5.96 Å². The molecule has 8 heteroatoms. The first-order valence-electron chi connectivity index (χ1n) is 10.2. The van der Waals surface area contributed by atoms with Crippen LogP contribution in [0, 0.1) is 20.8 Å². The van der Waals surface area contributed by atoms with Gasteiger partial charge < -0.3 is 20.1 Å². The van der Waals surface area contributed by atoms with Crippen molar-refractivity contribution < 1.29 is 4.52 Å². The first-order chi connectivity index (χ1) is 13.6. The lowest BCUT2D eigenvalue weighted by Gasteiger charge is -2.34. The Labute approximate surface area is 190 Å². The molecule has 2 aromatic rings. The average molecular weight is 512 g/mol. The smallest absolute Gasteiger partial charge is 0.191 e. The first kappa shape index (κ1) is 23.4. The van der Waals surface area contributed by atoms with E-state index in [0.717, 1.165) is 67.8 Å². The van der Waals surface area contributed by atoms with Gasteiger partial charge in [-0.1, -0.05) is 11.2 Å². The maximum atomic E-state index is 5.24. The molecule has 0 aromatic carbocycles. The molecule has 1 aliphatic rings. The Bertz CT molecular complexity index is 779. The van der Waals surface area contributed by atoms with E-state index < -0.39 is 0 Å². The van der Waals surface area contributed by atoms with Crippen molar-refractivity contribution in [3.05, 3.63) is 40.9 Å². The zero-order valence-corrected chi connectivity index (χ0v) is 20.2. The average Bonchev–Trinajstić information content (AvgIpc) is 3.01. The summed E-state index contributed by atoms with van der Waals surface area (Å²) < 4.78 is 5.24. The van der Waals surface area contributed by atoms with Gasteiger partial charge in [-0.3, -0.25) is 4.99 Å². The summed E-state index contributed by atoms with van der Waals surface area (Å²) in [5, 5.41) is 11.0. The van der Waals surface area contributed by atoms with Gasteiger partial charge in [-0.15, -0.1) is 24.0 Å². The van der Waals surface area contributed by atoms with E-state index in [0.29, 0.717) is 12.6 Å². The second-order valence-electron chi connectivity index (χ2n) is 7.36. The molecule has 0 spiro atoms. The summed E-state index contributed by atoms with van der Waals surface area (Å²) >= 11 is 0. The van der Waals surface area contributed by atoms with E-state index in [-0.39, 0.29) is 24.0 Å². The lowest BCUT2D eigenvalue weighted by molar-refractivity contribution is 0.392. The normalized spacial score (nSPS) is 15.2. The summed E-state index contributed by atoms with van der Waals surface area (Å²) in [6.45, 7) is 11.7. The second kappa shape index (κ2) is 11.4. The van der Waals surface area contributed by atoms with Crippen molar-refractivity contribution in [2.24, 2.45) is 4.99 Å². The maximum Gasteiger partial charge on any atom is 0.191 e. The number of nitrogens with one attached hydrogen (secondary N) is 2. The Morgan fingerprint density at radius 2 is 2.00 bits per heavy atom. The van der Waals surface area contributed by atoms with E-state index in [4.69, 9.17) is 9.52 Å². The summed E-state index contributed by atoms with van der Waals surface area (Å²) in [4.78, 5) is 11.8. The number of rotatable bonds is 6. The molecule has 0 bridgehead atoms. The molecule has 1 fully saturated rings. The molecule has 3 heterocycles. The van der Waals surface area contributed by atoms with Crippen LogP contribution in [0.25, 0.3) is 0 Å². The molecule has 0 radical (unpaired) electrons. The number of aliphatic imine (C=N–C) groups is 1. The maximum absolute atomic E-state index is 5.24. The highest BCUT2D eigenvalue weighted by Crippen LogP contribution is 2.18. The number of guanidine groups is 1. The van der Waals surface area contributed by atoms with Crippen LogP contribution in [0.5, 0.6) is 0 Å². The number of hydrogen-bond acceptors (Lipinski definition) is 5. The molecule has 2 aromatic heterocycles. The van der Waals surface area contributed by atoms with Crippen LogP contribution in [0.4, 0.5) is 5.82 Å². The minimum absolute atomic E-state index is 0. The van der Waals surface area contributed by atoms with Crippen molar-refractivity contribution in [3.63, 3.8) is 0 Å². The van der Waals surface area contributed by atoms with Gasteiger partial charge in [0.1, 0.15) is 11.6 Å². The summed E-state index contributed by atoms with van der Waals surface area (Å²) in [7, 11) is 0.